The van der Waals surface area contributed by atoms with E-state index in [0.717, 1.165) is 17.7 Å². The van der Waals surface area contributed by atoms with Crippen molar-refractivity contribution in [2.45, 2.75) is 52.5 Å². The highest BCUT2D eigenvalue weighted by Gasteiger charge is 2.28. The van der Waals surface area contributed by atoms with Crippen molar-refractivity contribution in [3.05, 3.63) is 67.4 Å². The van der Waals surface area contributed by atoms with Crippen LogP contribution in [0.4, 0.5) is 17.1 Å². The average molecular weight is 452 g/mol. The van der Waals surface area contributed by atoms with E-state index in [0.29, 0.717) is 31.2 Å². The third-order valence-electron chi connectivity index (χ3n) is 6.25. The van der Waals surface area contributed by atoms with Gasteiger partial charge in [0.1, 0.15) is 22.9 Å². The minimum Gasteiger partial charge on any atom is -0.505 e. The summed E-state index contributed by atoms with van der Waals surface area (Å²) in [4.78, 5) is 38.9. The van der Waals surface area contributed by atoms with E-state index in [4.69, 9.17) is 4.42 Å². The van der Waals surface area contributed by atoms with Crippen LogP contribution in [-0.2, 0) is 0 Å². The van der Waals surface area contributed by atoms with E-state index in [1.165, 1.54) is 0 Å². The second kappa shape index (κ2) is 8.77. The third kappa shape index (κ3) is 4.01. The van der Waals surface area contributed by atoms with Gasteiger partial charge in [0.25, 0.3) is 16.8 Å². The van der Waals surface area contributed by atoms with Crippen LogP contribution in [0.2, 0.25) is 0 Å². The van der Waals surface area contributed by atoms with Gasteiger partial charge in [-0.15, -0.1) is 0 Å². The number of anilines is 3. The molecular formula is C25H29N3O5. The molecule has 2 aromatic carbocycles. The Morgan fingerprint density at radius 2 is 1.88 bits per heavy atom. The Morgan fingerprint density at radius 3 is 2.45 bits per heavy atom. The lowest BCUT2D eigenvalue weighted by molar-refractivity contribution is 0.0649. The van der Waals surface area contributed by atoms with E-state index in [1.54, 1.807) is 23.1 Å². The number of phenols is 1. The van der Waals surface area contributed by atoms with Gasteiger partial charge in [0.2, 0.25) is 0 Å². The van der Waals surface area contributed by atoms with Crippen LogP contribution in [0.25, 0.3) is 0 Å². The number of carbonyl (C=O) groups excluding carboxylic acids is 1. The fourth-order valence-corrected chi connectivity index (χ4v) is 4.10. The Balaban J connectivity index is 1.59. The molecule has 1 aromatic heterocycles. The van der Waals surface area contributed by atoms with Crippen LogP contribution < -0.4 is 21.5 Å². The number of aromatic hydroxyl groups is 1. The van der Waals surface area contributed by atoms with Gasteiger partial charge >= 0.3 is 0 Å². The number of amides is 1. The first-order valence-corrected chi connectivity index (χ1v) is 11.3. The predicted octanol–water partition coefficient (Wildman–Crippen LogP) is 4.17. The molecule has 0 unspecified atom stereocenters. The minimum absolute atomic E-state index is 0.0645. The van der Waals surface area contributed by atoms with Crippen molar-refractivity contribution in [2.24, 2.45) is 0 Å². The van der Waals surface area contributed by atoms with E-state index < -0.39 is 10.9 Å². The highest BCUT2D eigenvalue weighted by atomic mass is 16.3. The third-order valence-corrected chi connectivity index (χ3v) is 6.25. The molecule has 1 atom stereocenters. The lowest BCUT2D eigenvalue weighted by Gasteiger charge is -2.31. The van der Waals surface area contributed by atoms with Crippen molar-refractivity contribution >= 4 is 23.0 Å². The molecule has 1 amide bonds. The van der Waals surface area contributed by atoms with Crippen LogP contribution in [0.15, 0.2) is 38.3 Å². The predicted molar refractivity (Wildman–Crippen MR) is 127 cm³/mol. The van der Waals surface area contributed by atoms with Crippen molar-refractivity contribution in [3.63, 3.8) is 0 Å². The van der Waals surface area contributed by atoms with Gasteiger partial charge in [-0.25, -0.2) is 0 Å². The van der Waals surface area contributed by atoms with E-state index in [2.05, 4.69) is 24.5 Å². The van der Waals surface area contributed by atoms with E-state index in [-0.39, 0.29) is 40.3 Å². The maximum atomic E-state index is 12.6. The maximum Gasteiger partial charge on any atom is 0.257 e. The fourth-order valence-electron chi connectivity index (χ4n) is 4.10. The molecule has 1 saturated heterocycles. The number of nitrogens with one attached hydrogen (secondary N) is 2. The number of hydrogen-bond acceptors (Lipinski definition) is 7. The molecule has 3 aromatic rings. The molecule has 33 heavy (non-hydrogen) atoms. The Bertz CT molecular complexity index is 1260. The highest BCUT2D eigenvalue weighted by Crippen LogP contribution is 2.35. The maximum absolute atomic E-state index is 12.6. The number of aryl methyl sites for hydroxylation is 1. The topological polar surface area (TPSA) is 112 Å². The number of para-hydroxylation sites is 1. The Hall–Kier alpha value is -3.55. The summed E-state index contributed by atoms with van der Waals surface area (Å²) in [5, 5.41) is 16.7. The van der Waals surface area contributed by atoms with Gasteiger partial charge in [0.05, 0.1) is 17.3 Å². The van der Waals surface area contributed by atoms with Crippen LogP contribution in [-0.4, -0.2) is 29.0 Å². The van der Waals surface area contributed by atoms with E-state index in [9.17, 15) is 19.5 Å². The second-order valence-electron chi connectivity index (χ2n) is 8.80. The van der Waals surface area contributed by atoms with Crippen molar-refractivity contribution in [2.75, 3.05) is 23.7 Å². The summed E-state index contributed by atoms with van der Waals surface area (Å²) in [5.41, 5.74) is 0.357. The molecule has 1 aliphatic rings. The normalized spacial score (nSPS) is 14.4. The molecular weight excluding hydrogens is 422 g/mol. The van der Waals surface area contributed by atoms with Crippen LogP contribution in [0.5, 0.6) is 5.75 Å². The van der Waals surface area contributed by atoms with Gasteiger partial charge in [0.15, 0.2) is 5.75 Å². The van der Waals surface area contributed by atoms with Gasteiger partial charge < -0.3 is 25.1 Å². The number of likely N-dealkylation sites (tertiary alicyclic amines) is 1. The summed E-state index contributed by atoms with van der Waals surface area (Å²) >= 11 is 0. The van der Waals surface area contributed by atoms with Gasteiger partial charge in [-0.1, -0.05) is 26.8 Å². The van der Waals surface area contributed by atoms with Crippen LogP contribution in [0, 0.1) is 6.92 Å². The summed E-state index contributed by atoms with van der Waals surface area (Å²) in [6.45, 7) is 9.35. The SMILES string of the molecule is CC[C@@H](Nc1c(Nc2cccc(C(=O)N3CCC3)c2O)c(=O)c1=O)c1cc(C(C)C)c(C)o1. The molecule has 0 bridgehead atoms. The molecule has 8 heteroatoms. The smallest absolute Gasteiger partial charge is 0.257 e. The molecule has 0 spiro atoms. The summed E-state index contributed by atoms with van der Waals surface area (Å²) in [6.07, 6.45) is 1.57. The first-order valence-electron chi connectivity index (χ1n) is 11.3. The largest absolute Gasteiger partial charge is 0.505 e. The Kier molecular flexibility index (Phi) is 6.01. The van der Waals surface area contributed by atoms with Crippen molar-refractivity contribution < 1.29 is 14.3 Å². The van der Waals surface area contributed by atoms with Gasteiger partial charge in [-0.05, 0) is 49.4 Å². The fraction of sp³-hybridized carbons (Fsp3) is 0.400. The number of hydrogen-bond donors (Lipinski definition) is 3. The molecule has 3 N–H and O–H groups in total. The monoisotopic (exact) mass is 451 g/mol. The van der Waals surface area contributed by atoms with Crippen LogP contribution in [0.1, 0.15) is 73.0 Å². The first-order chi connectivity index (χ1) is 15.7. The zero-order valence-electron chi connectivity index (χ0n) is 19.3. The number of nitrogens with zero attached hydrogens (tertiary/aromatic N) is 1. The van der Waals surface area contributed by atoms with Crippen LogP contribution in [0.3, 0.4) is 0 Å². The van der Waals surface area contributed by atoms with Gasteiger partial charge in [-0.2, -0.15) is 0 Å². The summed E-state index contributed by atoms with van der Waals surface area (Å²) in [7, 11) is 0. The molecule has 0 saturated carbocycles. The molecule has 4 rings (SSSR count). The number of benzene rings is 1. The van der Waals surface area contributed by atoms with Crippen molar-refractivity contribution in [3.8, 4) is 5.75 Å². The molecule has 1 aliphatic heterocycles. The number of phenolic OH excluding ortho intramolecular Hbond substituents is 1. The summed E-state index contributed by atoms with van der Waals surface area (Å²) < 4.78 is 5.93. The average Bonchev–Trinajstić information content (AvgIpc) is 3.14. The summed E-state index contributed by atoms with van der Waals surface area (Å²) in [5.74, 6) is 1.33. The van der Waals surface area contributed by atoms with E-state index in [1.807, 2.05) is 19.9 Å². The Labute approximate surface area is 191 Å². The summed E-state index contributed by atoms with van der Waals surface area (Å²) in [6, 6.07) is 6.41. The van der Waals surface area contributed by atoms with Gasteiger partial charge in [-0.3, -0.25) is 14.4 Å². The number of furan rings is 1. The van der Waals surface area contributed by atoms with E-state index >= 15 is 0 Å². The highest BCUT2D eigenvalue weighted by molar-refractivity contribution is 5.99. The lowest BCUT2D eigenvalue weighted by atomic mass is 10.0. The molecule has 2 heterocycles. The second-order valence-corrected chi connectivity index (χ2v) is 8.80. The lowest BCUT2D eigenvalue weighted by Crippen LogP contribution is -2.42. The number of carbonyl (C=O) groups is 1. The quantitative estimate of drug-likeness (QED) is 0.348. The standard InChI is InChI=1S/C25H29N3O5/c1-5-17(19-12-16(13(2)3)14(4)33-19)26-20-21(24(31)23(20)30)27-18-9-6-8-15(22(18)29)25(32)28-10-7-11-28/h6,8-9,12-13,17,26-27,29H,5,7,10-11H2,1-4H3/t17-/m1/s1. The Morgan fingerprint density at radius 1 is 1.18 bits per heavy atom. The number of rotatable bonds is 8. The molecule has 1 fully saturated rings. The van der Waals surface area contributed by atoms with Gasteiger partial charge in [0, 0.05) is 13.1 Å². The molecule has 0 radical (unpaired) electrons. The minimum atomic E-state index is -0.676. The molecule has 174 valence electrons. The van der Waals surface area contributed by atoms with Crippen LogP contribution >= 0.6 is 0 Å². The molecule has 8 nitrogen and oxygen atoms in total. The molecule has 0 aliphatic carbocycles. The zero-order valence-corrected chi connectivity index (χ0v) is 19.3. The van der Waals surface area contributed by atoms with Crippen molar-refractivity contribution in [1.29, 1.82) is 0 Å². The van der Waals surface area contributed by atoms with Crippen molar-refractivity contribution in [1.82, 2.24) is 4.90 Å². The first kappa shape index (κ1) is 22.6. The zero-order chi connectivity index (χ0) is 23.9.